The predicted molar refractivity (Wildman–Crippen MR) is 55.4 cm³/mol. The fraction of sp³-hybridized carbons (Fsp3) is 0.364. The lowest BCUT2D eigenvalue weighted by molar-refractivity contribution is 0.742. The van der Waals surface area contributed by atoms with E-state index in [4.69, 9.17) is 0 Å². The van der Waals surface area contributed by atoms with Gasteiger partial charge in [-0.3, -0.25) is 0 Å². The average molecular weight is 187 g/mol. The first-order valence-electron chi connectivity index (χ1n) is 5.08. The number of imidazole rings is 1. The molecule has 3 heterocycles. The third-order valence-electron chi connectivity index (χ3n) is 2.86. The summed E-state index contributed by atoms with van der Waals surface area (Å²) in [5.74, 6) is 0.606. The Kier molecular flexibility index (Phi) is 1.77. The lowest BCUT2D eigenvalue weighted by Crippen LogP contribution is -2.07. The predicted octanol–water partition coefficient (Wildman–Crippen LogP) is 1.41. The van der Waals surface area contributed by atoms with E-state index in [1.54, 1.807) is 0 Å². The molecule has 0 radical (unpaired) electrons. The second-order valence-electron chi connectivity index (χ2n) is 3.82. The lowest BCUT2D eigenvalue weighted by atomic mass is 10.1. The maximum Gasteiger partial charge on any atom is 0.136 e. The van der Waals surface area contributed by atoms with Gasteiger partial charge in [-0.05, 0) is 25.1 Å². The maximum absolute atomic E-state index is 4.62. The van der Waals surface area contributed by atoms with Gasteiger partial charge >= 0.3 is 0 Å². The smallest absolute Gasteiger partial charge is 0.136 e. The number of nitrogens with one attached hydrogen (secondary N) is 1. The van der Waals surface area contributed by atoms with Crippen molar-refractivity contribution in [2.75, 3.05) is 13.1 Å². The molecule has 1 aliphatic heterocycles. The van der Waals surface area contributed by atoms with E-state index in [0.29, 0.717) is 5.92 Å². The summed E-state index contributed by atoms with van der Waals surface area (Å²) in [5.41, 5.74) is 2.27. The standard InChI is InChI=1S/C11H13N3/c1-2-6-14-8-10(13-11(14)3-1)9-4-5-12-7-9/h1-3,6,8-9,12H,4-5,7H2. The highest BCUT2D eigenvalue weighted by Gasteiger charge is 2.18. The van der Waals surface area contributed by atoms with Gasteiger partial charge in [0.05, 0.1) is 5.69 Å². The Labute approximate surface area is 82.8 Å². The van der Waals surface area contributed by atoms with E-state index in [0.717, 1.165) is 18.7 Å². The van der Waals surface area contributed by atoms with Crippen LogP contribution in [-0.4, -0.2) is 22.5 Å². The van der Waals surface area contributed by atoms with Gasteiger partial charge in [0.1, 0.15) is 5.65 Å². The van der Waals surface area contributed by atoms with Gasteiger partial charge in [-0.25, -0.2) is 4.98 Å². The molecule has 0 bridgehead atoms. The van der Waals surface area contributed by atoms with Crippen molar-refractivity contribution in [3.63, 3.8) is 0 Å². The van der Waals surface area contributed by atoms with Gasteiger partial charge in [0, 0.05) is 24.9 Å². The molecule has 1 saturated heterocycles. The minimum absolute atomic E-state index is 0.606. The van der Waals surface area contributed by atoms with Crippen LogP contribution in [0, 0.1) is 0 Å². The Hall–Kier alpha value is -1.35. The van der Waals surface area contributed by atoms with Gasteiger partial charge in [0.2, 0.25) is 0 Å². The van der Waals surface area contributed by atoms with Crippen molar-refractivity contribution in [2.45, 2.75) is 12.3 Å². The molecule has 0 spiro atoms. The van der Waals surface area contributed by atoms with E-state index in [1.807, 2.05) is 24.4 Å². The molecule has 3 heteroatoms. The van der Waals surface area contributed by atoms with E-state index in [9.17, 15) is 0 Å². The van der Waals surface area contributed by atoms with E-state index >= 15 is 0 Å². The highest BCUT2D eigenvalue weighted by atomic mass is 15.0. The molecule has 0 aliphatic carbocycles. The summed E-state index contributed by atoms with van der Waals surface area (Å²) in [6, 6.07) is 6.11. The Bertz CT molecular complexity index is 407. The molecule has 14 heavy (non-hydrogen) atoms. The minimum atomic E-state index is 0.606. The molecular formula is C11H13N3. The summed E-state index contributed by atoms with van der Waals surface area (Å²) in [7, 11) is 0. The number of fused-ring (bicyclic) bond motifs is 1. The van der Waals surface area contributed by atoms with Crippen molar-refractivity contribution in [2.24, 2.45) is 0 Å². The number of aromatic nitrogens is 2. The highest BCUT2D eigenvalue weighted by molar-refractivity contribution is 5.40. The topological polar surface area (TPSA) is 29.3 Å². The van der Waals surface area contributed by atoms with Crippen molar-refractivity contribution in [1.82, 2.24) is 14.7 Å². The first-order chi connectivity index (χ1) is 6.93. The van der Waals surface area contributed by atoms with E-state index in [-0.39, 0.29) is 0 Å². The second kappa shape index (κ2) is 3.10. The molecule has 2 aromatic heterocycles. The second-order valence-corrected chi connectivity index (χ2v) is 3.82. The Balaban J connectivity index is 2.05. The van der Waals surface area contributed by atoms with Crippen LogP contribution in [0.5, 0.6) is 0 Å². The SMILES string of the molecule is c1ccn2cc(C3CCNC3)nc2c1. The van der Waals surface area contributed by atoms with Crippen LogP contribution in [0.2, 0.25) is 0 Å². The summed E-state index contributed by atoms with van der Waals surface area (Å²) >= 11 is 0. The van der Waals surface area contributed by atoms with Gasteiger partial charge in [-0.1, -0.05) is 6.07 Å². The summed E-state index contributed by atoms with van der Waals surface area (Å²) < 4.78 is 2.09. The van der Waals surface area contributed by atoms with Crippen LogP contribution in [0.4, 0.5) is 0 Å². The number of pyridine rings is 1. The lowest BCUT2D eigenvalue weighted by Gasteiger charge is -2.01. The summed E-state index contributed by atoms with van der Waals surface area (Å²) in [4.78, 5) is 4.62. The summed E-state index contributed by atoms with van der Waals surface area (Å²) in [6.07, 6.45) is 5.41. The Morgan fingerprint density at radius 3 is 3.21 bits per heavy atom. The molecule has 1 aliphatic rings. The zero-order chi connectivity index (χ0) is 9.38. The molecule has 3 nitrogen and oxygen atoms in total. The molecule has 0 amide bonds. The fourth-order valence-corrected chi connectivity index (χ4v) is 2.06. The van der Waals surface area contributed by atoms with Crippen LogP contribution in [0.25, 0.3) is 5.65 Å². The van der Waals surface area contributed by atoms with Crippen LogP contribution >= 0.6 is 0 Å². The van der Waals surface area contributed by atoms with Crippen LogP contribution in [0.3, 0.4) is 0 Å². The molecule has 1 N–H and O–H groups in total. The molecule has 1 atom stereocenters. The minimum Gasteiger partial charge on any atom is -0.316 e. The third-order valence-corrected chi connectivity index (χ3v) is 2.86. The van der Waals surface area contributed by atoms with Crippen molar-refractivity contribution in [1.29, 1.82) is 0 Å². The summed E-state index contributed by atoms with van der Waals surface area (Å²) in [5, 5.41) is 3.37. The first kappa shape index (κ1) is 8.00. The van der Waals surface area contributed by atoms with Crippen LogP contribution in [-0.2, 0) is 0 Å². The quantitative estimate of drug-likeness (QED) is 0.731. The van der Waals surface area contributed by atoms with Crippen LogP contribution in [0.1, 0.15) is 18.0 Å². The number of nitrogens with zero attached hydrogens (tertiary/aromatic N) is 2. The molecule has 3 rings (SSSR count). The maximum atomic E-state index is 4.62. The molecule has 1 fully saturated rings. The van der Waals surface area contributed by atoms with E-state index in [1.165, 1.54) is 12.1 Å². The molecule has 0 saturated carbocycles. The van der Waals surface area contributed by atoms with Gasteiger partial charge in [0.25, 0.3) is 0 Å². The largest absolute Gasteiger partial charge is 0.316 e. The van der Waals surface area contributed by atoms with Crippen LogP contribution < -0.4 is 5.32 Å². The Morgan fingerprint density at radius 1 is 1.43 bits per heavy atom. The average Bonchev–Trinajstić information content (AvgIpc) is 2.86. The van der Waals surface area contributed by atoms with Crippen LogP contribution in [0.15, 0.2) is 30.6 Å². The molecule has 2 aromatic rings. The summed E-state index contributed by atoms with van der Waals surface area (Å²) in [6.45, 7) is 2.20. The zero-order valence-corrected chi connectivity index (χ0v) is 7.98. The third kappa shape index (κ3) is 1.21. The number of hydrogen-bond donors (Lipinski definition) is 1. The number of rotatable bonds is 1. The van der Waals surface area contributed by atoms with E-state index < -0.39 is 0 Å². The van der Waals surface area contributed by atoms with Gasteiger partial charge in [-0.2, -0.15) is 0 Å². The van der Waals surface area contributed by atoms with Crippen molar-refractivity contribution >= 4 is 5.65 Å². The monoisotopic (exact) mass is 187 g/mol. The normalized spacial score (nSPS) is 21.9. The number of hydrogen-bond acceptors (Lipinski definition) is 2. The first-order valence-corrected chi connectivity index (χ1v) is 5.08. The zero-order valence-electron chi connectivity index (χ0n) is 7.98. The van der Waals surface area contributed by atoms with Gasteiger partial charge in [0.15, 0.2) is 0 Å². The molecule has 72 valence electrons. The van der Waals surface area contributed by atoms with Crippen molar-refractivity contribution in [3.05, 3.63) is 36.3 Å². The molecular weight excluding hydrogens is 174 g/mol. The van der Waals surface area contributed by atoms with Crippen molar-refractivity contribution < 1.29 is 0 Å². The van der Waals surface area contributed by atoms with Gasteiger partial charge in [-0.15, -0.1) is 0 Å². The van der Waals surface area contributed by atoms with E-state index in [2.05, 4.69) is 20.9 Å². The Morgan fingerprint density at radius 2 is 2.43 bits per heavy atom. The highest BCUT2D eigenvalue weighted by Crippen LogP contribution is 2.21. The van der Waals surface area contributed by atoms with Crippen molar-refractivity contribution in [3.8, 4) is 0 Å². The molecule has 0 aromatic carbocycles. The molecule has 1 unspecified atom stereocenters. The fourth-order valence-electron chi connectivity index (χ4n) is 2.06. The van der Waals surface area contributed by atoms with Gasteiger partial charge < -0.3 is 9.72 Å².